The van der Waals surface area contributed by atoms with E-state index in [0.717, 1.165) is 30.4 Å². The molecule has 4 rings (SSSR count). The number of pyridine rings is 1. The van der Waals surface area contributed by atoms with E-state index >= 15 is 0 Å². The van der Waals surface area contributed by atoms with Crippen LogP contribution >= 0.6 is 11.3 Å². The molecule has 2 atom stereocenters. The number of hydrogen-bond acceptors (Lipinski definition) is 4. The maximum absolute atomic E-state index is 12.9. The van der Waals surface area contributed by atoms with Crippen LogP contribution in [0.3, 0.4) is 0 Å². The van der Waals surface area contributed by atoms with Crippen LogP contribution in [0, 0.1) is 5.92 Å². The lowest BCUT2D eigenvalue weighted by atomic mass is 9.76. The molecule has 1 saturated carbocycles. The van der Waals surface area contributed by atoms with Crippen molar-refractivity contribution in [2.75, 3.05) is 0 Å². The summed E-state index contributed by atoms with van der Waals surface area (Å²) in [7, 11) is 0. The molecule has 2 aliphatic rings. The van der Waals surface area contributed by atoms with Gasteiger partial charge >= 0.3 is 6.03 Å². The Morgan fingerprint density at radius 1 is 1.25 bits per heavy atom. The van der Waals surface area contributed by atoms with Gasteiger partial charge in [0.1, 0.15) is 6.04 Å². The van der Waals surface area contributed by atoms with Gasteiger partial charge in [-0.1, -0.05) is 6.42 Å². The van der Waals surface area contributed by atoms with Crippen molar-refractivity contribution in [3.8, 4) is 0 Å². The van der Waals surface area contributed by atoms with E-state index in [0.29, 0.717) is 12.3 Å². The third kappa shape index (κ3) is 2.71. The van der Waals surface area contributed by atoms with Crippen molar-refractivity contribution in [1.82, 2.24) is 15.2 Å². The Labute approximate surface area is 144 Å². The molecule has 1 aliphatic carbocycles. The summed E-state index contributed by atoms with van der Waals surface area (Å²) in [5, 5.41) is 6.88. The van der Waals surface area contributed by atoms with Gasteiger partial charge in [0.05, 0.1) is 6.04 Å². The fourth-order valence-corrected chi connectivity index (χ4v) is 4.22. The Kier molecular flexibility index (Phi) is 4.06. The summed E-state index contributed by atoms with van der Waals surface area (Å²) in [5.74, 6) is 0.238. The number of hydrogen-bond donors (Lipinski definition) is 1. The number of urea groups is 1. The number of carbonyl (C=O) groups excluding carboxylic acids is 2. The lowest BCUT2D eigenvalue weighted by Crippen LogP contribution is -2.41. The minimum Gasteiger partial charge on any atom is -0.325 e. The smallest absolute Gasteiger partial charge is 0.325 e. The molecule has 1 N–H and O–H groups in total. The van der Waals surface area contributed by atoms with E-state index in [4.69, 9.17) is 0 Å². The first kappa shape index (κ1) is 15.3. The zero-order chi connectivity index (χ0) is 16.5. The highest BCUT2D eigenvalue weighted by Gasteiger charge is 2.46. The third-order valence-electron chi connectivity index (χ3n) is 4.99. The first-order valence-corrected chi connectivity index (χ1v) is 9.23. The van der Waals surface area contributed by atoms with Crippen molar-refractivity contribution in [1.29, 1.82) is 0 Å². The molecule has 3 amide bonds. The fraction of sp³-hybridized carbons (Fsp3) is 0.389. The topological polar surface area (TPSA) is 62.3 Å². The summed E-state index contributed by atoms with van der Waals surface area (Å²) in [6, 6.07) is 4.91. The standard InChI is InChI=1S/C18H19N3O2S/c22-17-15(10-12-6-9-24-11-12)20-18(23)21(17)16(13-2-1-3-13)14-4-7-19-8-5-14/h4-9,11,13,15-16H,1-3,10H2,(H,20,23). The average molecular weight is 341 g/mol. The van der Waals surface area contributed by atoms with Crippen LogP contribution < -0.4 is 5.32 Å². The van der Waals surface area contributed by atoms with Crippen LogP contribution in [-0.2, 0) is 11.2 Å². The molecule has 0 aromatic carbocycles. The number of nitrogens with zero attached hydrogens (tertiary/aromatic N) is 2. The second kappa shape index (κ2) is 6.36. The minimum absolute atomic E-state index is 0.111. The van der Waals surface area contributed by atoms with Gasteiger partial charge in [0.2, 0.25) is 0 Å². The predicted octanol–water partition coefficient (Wildman–Crippen LogP) is 3.15. The van der Waals surface area contributed by atoms with Crippen LogP contribution in [0.1, 0.15) is 36.4 Å². The number of aromatic nitrogens is 1. The Morgan fingerprint density at radius 2 is 2.04 bits per heavy atom. The third-order valence-corrected chi connectivity index (χ3v) is 5.73. The highest BCUT2D eigenvalue weighted by atomic mass is 32.1. The lowest BCUT2D eigenvalue weighted by Gasteiger charge is -2.38. The van der Waals surface area contributed by atoms with Gasteiger partial charge in [-0.3, -0.25) is 14.7 Å². The van der Waals surface area contributed by atoms with Crippen molar-refractivity contribution in [3.05, 3.63) is 52.5 Å². The van der Waals surface area contributed by atoms with Gasteiger partial charge in [-0.15, -0.1) is 0 Å². The van der Waals surface area contributed by atoms with E-state index in [-0.39, 0.29) is 18.0 Å². The maximum atomic E-state index is 12.9. The summed E-state index contributed by atoms with van der Waals surface area (Å²) >= 11 is 1.60. The van der Waals surface area contributed by atoms with Gasteiger partial charge in [-0.05, 0) is 58.8 Å². The van der Waals surface area contributed by atoms with E-state index in [1.54, 1.807) is 23.7 Å². The molecule has 0 spiro atoms. The minimum atomic E-state index is -0.462. The molecule has 124 valence electrons. The molecule has 2 aromatic heterocycles. The Bertz CT molecular complexity index is 728. The van der Waals surface area contributed by atoms with E-state index in [9.17, 15) is 9.59 Å². The SMILES string of the molecule is O=C1NC(Cc2ccsc2)C(=O)N1C(c1ccncc1)C1CCC1. The number of amides is 3. The Balaban J connectivity index is 1.60. The normalized spacial score (nSPS) is 22.3. The largest absolute Gasteiger partial charge is 0.325 e. The number of carbonyl (C=O) groups is 2. The molecule has 3 heterocycles. The lowest BCUT2D eigenvalue weighted by molar-refractivity contribution is -0.130. The highest BCUT2D eigenvalue weighted by molar-refractivity contribution is 7.07. The van der Waals surface area contributed by atoms with Crippen molar-refractivity contribution >= 4 is 23.3 Å². The van der Waals surface area contributed by atoms with E-state index < -0.39 is 6.04 Å². The van der Waals surface area contributed by atoms with Gasteiger partial charge in [0.25, 0.3) is 5.91 Å². The molecule has 24 heavy (non-hydrogen) atoms. The van der Waals surface area contributed by atoms with Crippen molar-refractivity contribution in [2.45, 2.75) is 37.8 Å². The van der Waals surface area contributed by atoms with E-state index in [1.807, 2.05) is 29.0 Å². The second-order valence-electron chi connectivity index (χ2n) is 6.46. The van der Waals surface area contributed by atoms with Gasteiger partial charge in [0.15, 0.2) is 0 Å². The fourth-order valence-electron chi connectivity index (χ4n) is 3.54. The van der Waals surface area contributed by atoms with Crippen LogP contribution in [0.5, 0.6) is 0 Å². The second-order valence-corrected chi connectivity index (χ2v) is 7.24. The monoisotopic (exact) mass is 341 g/mol. The predicted molar refractivity (Wildman–Crippen MR) is 91.5 cm³/mol. The number of nitrogens with one attached hydrogen (secondary N) is 1. The summed E-state index contributed by atoms with van der Waals surface area (Å²) in [6.45, 7) is 0. The molecular weight excluding hydrogens is 322 g/mol. The first-order valence-electron chi connectivity index (χ1n) is 8.28. The number of thiophene rings is 1. The Hall–Kier alpha value is -2.21. The van der Waals surface area contributed by atoms with Crippen molar-refractivity contribution in [2.24, 2.45) is 5.92 Å². The van der Waals surface area contributed by atoms with Gasteiger partial charge in [-0.25, -0.2) is 4.79 Å². The summed E-state index contributed by atoms with van der Waals surface area (Å²) in [4.78, 5) is 31.0. The molecule has 2 unspecified atom stereocenters. The van der Waals surface area contributed by atoms with E-state index in [2.05, 4.69) is 10.3 Å². The molecule has 2 aromatic rings. The van der Waals surface area contributed by atoms with Crippen LogP contribution in [0.15, 0.2) is 41.4 Å². The van der Waals surface area contributed by atoms with Crippen LogP contribution in [-0.4, -0.2) is 27.9 Å². The molecule has 1 aliphatic heterocycles. The van der Waals surface area contributed by atoms with Crippen LogP contribution in [0.25, 0.3) is 0 Å². The summed E-state index contributed by atoms with van der Waals surface area (Å²) < 4.78 is 0. The maximum Gasteiger partial charge on any atom is 0.325 e. The molecule has 2 fully saturated rings. The molecule has 0 bridgehead atoms. The van der Waals surface area contributed by atoms with Crippen molar-refractivity contribution in [3.63, 3.8) is 0 Å². The summed E-state index contributed by atoms with van der Waals surface area (Å²) in [6.07, 6.45) is 7.27. The highest BCUT2D eigenvalue weighted by Crippen LogP contribution is 2.42. The quantitative estimate of drug-likeness (QED) is 0.850. The van der Waals surface area contributed by atoms with E-state index in [1.165, 1.54) is 4.90 Å². The molecule has 0 radical (unpaired) electrons. The average Bonchev–Trinajstić information content (AvgIpc) is 3.14. The van der Waals surface area contributed by atoms with Gasteiger partial charge in [-0.2, -0.15) is 11.3 Å². The summed E-state index contributed by atoms with van der Waals surface area (Å²) in [5.41, 5.74) is 2.08. The van der Waals surface area contributed by atoms with Crippen LogP contribution in [0.2, 0.25) is 0 Å². The molecular formula is C18H19N3O2S. The van der Waals surface area contributed by atoms with Gasteiger partial charge < -0.3 is 5.32 Å². The number of imide groups is 1. The Morgan fingerprint density at radius 3 is 2.67 bits per heavy atom. The zero-order valence-electron chi connectivity index (χ0n) is 13.2. The molecule has 5 nitrogen and oxygen atoms in total. The molecule has 6 heteroatoms. The van der Waals surface area contributed by atoms with Gasteiger partial charge in [0, 0.05) is 18.8 Å². The number of rotatable bonds is 5. The first-order chi connectivity index (χ1) is 11.7. The van der Waals surface area contributed by atoms with Crippen molar-refractivity contribution < 1.29 is 9.59 Å². The van der Waals surface area contributed by atoms with Crippen LogP contribution in [0.4, 0.5) is 4.79 Å². The zero-order valence-corrected chi connectivity index (χ0v) is 14.0. The molecule has 1 saturated heterocycles.